The summed E-state index contributed by atoms with van der Waals surface area (Å²) in [5.74, 6) is 1.10. The van der Waals surface area contributed by atoms with Crippen molar-refractivity contribution in [3.63, 3.8) is 0 Å². The second-order valence-electron chi connectivity index (χ2n) is 12.0. The Hall–Kier alpha value is -1.60. The molecule has 3 atom stereocenters. The van der Waals surface area contributed by atoms with Gasteiger partial charge >= 0.3 is 0 Å². The molecule has 0 aliphatic heterocycles. The van der Waals surface area contributed by atoms with Crippen LogP contribution in [-0.4, -0.2) is 22.4 Å². The van der Waals surface area contributed by atoms with Gasteiger partial charge in [0.2, 0.25) is 0 Å². The molecular formula is C25H54N2O6. The lowest BCUT2D eigenvalue weighted by molar-refractivity contribution is -0.774. The van der Waals surface area contributed by atoms with Crippen LogP contribution >= 0.6 is 0 Å². The molecule has 0 bridgehead atoms. The van der Waals surface area contributed by atoms with E-state index in [-0.39, 0.29) is 29.0 Å². The summed E-state index contributed by atoms with van der Waals surface area (Å²) in [4.78, 5) is 29.4. The van der Waals surface area contributed by atoms with Gasteiger partial charge in [-0.1, -0.05) is 116 Å². The highest BCUT2D eigenvalue weighted by Crippen LogP contribution is 2.31. The van der Waals surface area contributed by atoms with E-state index in [4.69, 9.17) is 0 Å². The molecule has 0 radical (unpaired) electrons. The lowest BCUT2D eigenvalue weighted by Crippen LogP contribution is -2.36. The van der Waals surface area contributed by atoms with E-state index in [0.717, 1.165) is 12.3 Å². The van der Waals surface area contributed by atoms with Crippen molar-refractivity contribution in [3.05, 3.63) is 20.2 Å². The zero-order chi connectivity index (χ0) is 27.2. The van der Waals surface area contributed by atoms with E-state index < -0.39 is 10.2 Å². The molecule has 33 heavy (non-hydrogen) atoms. The SMILES string of the molecule is CCC(C)C(O[N+](=O)[O-])C(C)(C)C.CCC(CC)C(C)(C)C.CCC(O[N+](=O)[O-])C(C)(C)C. The van der Waals surface area contributed by atoms with Gasteiger partial charge in [0.1, 0.15) is 12.2 Å². The monoisotopic (exact) mass is 478 g/mol. The van der Waals surface area contributed by atoms with Crippen molar-refractivity contribution in [1.82, 2.24) is 0 Å². The van der Waals surface area contributed by atoms with E-state index in [9.17, 15) is 20.2 Å². The van der Waals surface area contributed by atoms with Crippen molar-refractivity contribution in [3.8, 4) is 0 Å². The topological polar surface area (TPSA) is 105 Å². The third-order valence-corrected chi connectivity index (χ3v) is 5.97. The van der Waals surface area contributed by atoms with Crippen LogP contribution in [0.25, 0.3) is 0 Å². The number of rotatable bonds is 9. The molecule has 0 spiro atoms. The van der Waals surface area contributed by atoms with Crippen LogP contribution in [-0.2, 0) is 9.68 Å². The first-order valence-electron chi connectivity index (χ1n) is 12.3. The maximum atomic E-state index is 10.3. The fourth-order valence-corrected chi connectivity index (χ4v) is 3.88. The molecule has 3 unspecified atom stereocenters. The molecule has 0 aromatic carbocycles. The smallest absolute Gasteiger partial charge is 0.294 e. The highest BCUT2D eigenvalue weighted by atomic mass is 17.0. The Bertz CT molecular complexity index is 528. The molecule has 0 aromatic rings. The second-order valence-corrected chi connectivity index (χ2v) is 12.0. The third-order valence-electron chi connectivity index (χ3n) is 5.97. The van der Waals surface area contributed by atoms with E-state index in [0.29, 0.717) is 11.8 Å². The van der Waals surface area contributed by atoms with Gasteiger partial charge in [-0.2, -0.15) is 0 Å². The van der Waals surface area contributed by atoms with E-state index in [1.165, 1.54) is 12.8 Å². The Labute approximate surface area is 203 Å². The van der Waals surface area contributed by atoms with Crippen LogP contribution in [0.3, 0.4) is 0 Å². The van der Waals surface area contributed by atoms with Crippen molar-refractivity contribution in [2.75, 3.05) is 0 Å². The minimum atomic E-state index is -0.723. The average molecular weight is 479 g/mol. The quantitative estimate of drug-likeness (QED) is 0.244. The third kappa shape index (κ3) is 18.5. The van der Waals surface area contributed by atoms with Gasteiger partial charge in [-0.25, -0.2) is 0 Å². The van der Waals surface area contributed by atoms with E-state index >= 15 is 0 Å². The van der Waals surface area contributed by atoms with Gasteiger partial charge in [0.05, 0.1) is 0 Å². The van der Waals surface area contributed by atoms with Crippen molar-refractivity contribution in [2.45, 2.75) is 135 Å². The summed E-state index contributed by atoms with van der Waals surface area (Å²) in [5, 5.41) is 18.8. The lowest BCUT2D eigenvalue weighted by atomic mass is 9.78. The van der Waals surface area contributed by atoms with Crippen LogP contribution < -0.4 is 0 Å². The van der Waals surface area contributed by atoms with Gasteiger partial charge in [-0.3, -0.25) is 0 Å². The maximum absolute atomic E-state index is 10.3. The van der Waals surface area contributed by atoms with Crippen LogP contribution in [0, 0.1) is 48.3 Å². The number of hydrogen-bond donors (Lipinski definition) is 0. The molecule has 0 amide bonds. The molecule has 0 rings (SSSR count). The minimum absolute atomic E-state index is 0.165. The van der Waals surface area contributed by atoms with Gasteiger partial charge in [-0.15, -0.1) is 20.2 Å². The first kappa shape index (κ1) is 36.0. The average Bonchev–Trinajstić information content (AvgIpc) is 2.62. The van der Waals surface area contributed by atoms with Crippen LogP contribution in [0.1, 0.15) is 123 Å². The van der Waals surface area contributed by atoms with Crippen molar-refractivity contribution >= 4 is 0 Å². The molecule has 0 aliphatic carbocycles. The van der Waals surface area contributed by atoms with Gasteiger partial charge in [0.25, 0.3) is 10.2 Å². The fourth-order valence-electron chi connectivity index (χ4n) is 3.88. The largest absolute Gasteiger partial charge is 0.310 e. The zero-order valence-electron chi connectivity index (χ0n) is 24.0. The Morgan fingerprint density at radius 3 is 1.15 bits per heavy atom. The normalized spacial score (nSPS) is 14.6. The number of nitrogens with zero attached hydrogens (tertiary/aromatic N) is 2. The van der Waals surface area contributed by atoms with Crippen LogP contribution in [0.15, 0.2) is 0 Å². The Kier molecular flexibility index (Phi) is 17.6. The Morgan fingerprint density at radius 1 is 0.636 bits per heavy atom. The van der Waals surface area contributed by atoms with E-state index in [1.807, 2.05) is 62.3 Å². The van der Waals surface area contributed by atoms with Crippen LogP contribution in [0.5, 0.6) is 0 Å². The predicted molar refractivity (Wildman–Crippen MR) is 136 cm³/mol. The van der Waals surface area contributed by atoms with Crippen LogP contribution in [0.2, 0.25) is 0 Å². The molecule has 8 nitrogen and oxygen atoms in total. The lowest BCUT2D eigenvalue weighted by Gasteiger charge is -2.32. The van der Waals surface area contributed by atoms with E-state index in [2.05, 4.69) is 44.3 Å². The summed E-state index contributed by atoms with van der Waals surface area (Å²) < 4.78 is 0. The molecule has 0 heterocycles. The highest BCUT2D eigenvalue weighted by Gasteiger charge is 2.32. The fraction of sp³-hybridized carbons (Fsp3) is 1.00. The molecule has 0 aromatic heterocycles. The molecule has 0 aliphatic rings. The summed E-state index contributed by atoms with van der Waals surface area (Å²) in [6.45, 7) is 29.0. The standard InChI is InChI=1S/C9H19NO3.C9H20.C7H15NO3/c1-6-7(2)8(9(3,4)5)13-10(11)12;1-6-8(7-2)9(3,4)5;1-5-6(7(2,3)4)11-8(9)10/h7-8H,6H2,1-5H3;8H,6-7H2,1-5H3;6H,5H2,1-4H3. The maximum Gasteiger partial charge on any atom is 0.294 e. The first-order valence-corrected chi connectivity index (χ1v) is 12.3. The first-order chi connectivity index (χ1) is 14.7. The van der Waals surface area contributed by atoms with Gasteiger partial charge < -0.3 is 9.68 Å². The summed E-state index contributed by atoms with van der Waals surface area (Å²) in [7, 11) is 0. The molecule has 0 saturated heterocycles. The van der Waals surface area contributed by atoms with E-state index in [1.54, 1.807) is 0 Å². The molecule has 0 saturated carbocycles. The number of hydrogen-bond acceptors (Lipinski definition) is 6. The molecule has 8 heteroatoms. The minimum Gasteiger partial charge on any atom is -0.310 e. The Morgan fingerprint density at radius 2 is 1.03 bits per heavy atom. The second kappa shape index (κ2) is 16.1. The van der Waals surface area contributed by atoms with Crippen molar-refractivity contribution in [1.29, 1.82) is 0 Å². The molecular weight excluding hydrogens is 424 g/mol. The summed E-state index contributed by atoms with van der Waals surface area (Å²) in [5.41, 5.74) is 0.161. The molecule has 0 N–H and O–H groups in total. The molecule has 0 fully saturated rings. The summed E-state index contributed by atoms with van der Waals surface area (Å²) in [6.07, 6.45) is 3.55. The van der Waals surface area contributed by atoms with Crippen molar-refractivity contribution in [2.24, 2.45) is 28.1 Å². The predicted octanol–water partition coefficient (Wildman–Crippen LogP) is 8.14. The summed E-state index contributed by atoms with van der Waals surface area (Å²) >= 11 is 0. The Balaban J connectivity index is -0.000000416. The highest BCUT2D eigenvalue weighted by molar-refractivity contribution is 4.77. The van der Waals surface area contributed by atoms with Crippen molar-refractivity contribution < 1.29 is 19.8 Å². The van der Waals surface area contributed by atoms with Gasteiger partial charge in [-0.05, 0) is 34.5 Å². The van der Waals surface area contributed by atoms with Gasteiger partial charge in [0.15, 0.2) is 0 Å². The van der Waals surface area contributed by atoms with Gasteiger partial charge in [0, 0.05) is 0 Å². The van der Waals surface area contributed by atoms with Crippen LogP contribution in [0.4, 0.5) is 0 Å². The summed E-state index contributed by atoms with van der Waals surface area (Å²) in [6, 6.07) is 0. The molecule has 200 valence electrons. The zero-order valence-corrected chi connectivity index (χ0v) is 24.0.